The number of amides is 1. The number of carbonyl (C=O) groups is 1. The van der Waals surface area contributed by atoms with Gasteiger partial charge in [-0.1, -0.05) is 6.07 Å². The molecule has 2 aromatic carbocycles. The van der Waals surface area contributed by atoms with E-state index in [-0.39, 0.29) is 11.7 Å². The highest BCUT2D eigenvalue weighted by Gasteiger charge is 2.10. The number of carbonyl (C=O) groups excluding carboxylic acids is 1. The molecule has 2 heterocycles. The summed E-state index contributed by atoms with van der Waals surface area (Å²) in [5, 5.41) is 15.0. The summed E-state index contributed by atoms with van der Waals surface area (Å²) in [4.78, 5) is 12.5. The maximum Gasteiger partial charge on any atom is 0.251 e. The van der Waals surface area contributed by atoms with E-state index >= 15 is 0 Å². The van der Waals surface area contributed by atoms with Crippen LogP contribution in [0.25, 0.3) is 16.6 Å². The lowest BCUT2D eigenvalue weighted by atomic mass is 10.1. The number of tetrazole rings is 1. The van der Waals surface area contributed by atoms with Gasteiger partial charge in [-0.3, -0.25) is 4.79 Å². The van der Waals surface area contributed by atoms with Gasteiger partial charge in [0.2, 0.25) is 0 Å². The van der Waals surface area contributed by atoms with Crippen LogP contribution >= 0.6 is 0 Å². The second-order valence-corrected chi connectivity index (χ2v) is 6.22. The second-order valence-electron chi connectivity index (χ2n) is 6.22. The van der Waals surface area contributed by atoms with Crippen LogP contribution in [0.2, 0.25) is 0 Å². The summed E-state index contributed by atoms with van der Waals surface area (Å²) in [5.41, 5.74) is 3.04. The van der Waals surface area contributed by atoms with E-state index in [9.17, 15) is 9.18 Å². The second kappa shape index (κ2) is 6.99. The SMILES string of the molecule is Cc1ccc(C(=O)NCCn2ccc3ccc(F)cc32)cc1-n1cnnn1. The Morgan fingerprint density at radius 3 is 2.89 bits per heavy atom. The Balaban J connectivity index is 1.45. The van der Waals surface area contributed by atoms with E-state index < -0.39 is 0 Å². The summed E-state index contributed by atoms with van der Waals surface area (Å²) in [7, 11) is 0. The fourth-order valence-corrected chi connectivity index (χ4v) is 3.01. The number of nitrogens with zero attached hydrogens (tertiary/aromatic N) is 5. The number of halogens is 1. The van der Waals surface area contributed by atoms with E-state index in [1.165, 1.54) is 23.1 Å². The number of rotatable bonds is 5. The van der Waals surface area contributed by atoms with E-state index in [4.69, 9.17) is 0 Å². The maximum atomic E-state index is 13.5. The predicted molar refractivity (Wildman–Crippen MR) is 98.1 cm³/mol. The van der Waals surface area contributed by atoms with Crippen molar-refractivity contribution in [1.29, 1.82) is 0 Å². The normalized spacial score (nSPS) is 11.0. The van der Waals surface area contributed by atoms with Gasteiger partial charge >= 0.3 is 0 Å². The summed E-state index contributed by atoms with van der Waals surface area (Å²) < 4.78 is 16.9. The molecule has 8 heteroatoms. The lowest BCUT2D eigenvalue weighted by molar-refractivity contribution is 0.0952. The van der Waals surface area contributed by atoms with Crippen LogP contribution < -0.4 is 5.32 Å². The Bertz CT molecular complexity index is 1100. The number of fused-ring (bicyclic) bond motifs is 1. The van der Waals surface area contributed by atoms with Gasteiger partial charge in [0, 0.05) is 24.8 Å². The van der Waals surface area contributed by atoms with Gasteiger partial charge < -0.3 is 9.88 Å². The Labute approximate surface area is 154 Å². The molecular formula is C19H17FN6O. The number of nitrogens with one attached hydrogen (secondary N) is 1. The third kappa shape index (κ3) is 3.41. The number of benzene rings is 2. The Morgan fingerprint density at radius 2 is 2.07 bits per heavy atom. The summed E-state index contributed by atoms with van der Waals surface area (Å²) in [6.45, 7) is 2.90. The average molecular weight is 364 g/mol. The first-order chi connectivity index (χ1) is 13.1. The largest absolute Gasteiger partial charge is 0.350 e. The molecule has 2 aromatic heterocycles. The molecule has 0 saturated heterocycles. The van der Waals surface area contributed by atoms with Gasteiger partial charge in [-0.05, 0) is 64.7 Å². The van der Waals surface area contributed by atoms with Crippen molar-refractivity contribution >= 4 is 16.8 Å². The first-order valence-corrected chi connectivity index (χ1v) is 8.48. The van der Waals surface area contributed by atoms with E-state index in [0.29, 0.717) is 18.7 Å². The number of aromatic nitrogens is 5. The molecule has 1 amide bonds. The minimum absolute atomic E-state index is 0.188. The zero-order valence-electron chi connectivity index (χ0n) is 14.6. The van der Waals surface area contributed by atoms with Crippen molar-refractivity contribution in [2.45, 2.75) is 13.5 Å². The molecule has 0 aliphatic heterocycles. The van der Waals surface area contributed by atoms with Gasteiger partial charge in [-0.15, -0.1) is 5.10 Å². The summed E-state index contributed by atoms with van der Waals surface area (Å²) in [6, 6.07) is 12.0. The van der Waals surface area contributed by atoms with Crippen molar-refractivity contribution in [3.05, 3.63) is 71.9 Å². The monoisotopic (exact) mass is 364 g/mol. The van der Waals surface area contributed by atoms with Crippen LogP contribution in [0.15, 0.2) is 55.0 Å². The van der Waals surface area contributed by atoms with Crippen molar-refractivity contribution < 1.29 is 9.18 Å². The quantitative estimate of drug-likeness (QED) is 0.590. The predicted octanol–water partition coefficient (Wildman–Crippen LogP) is 2.49. The van der Waals surface area contributed by atoms with Gasteiger partial charge in [0.1, 0.15) is 12.1 Å². The molecule has 27 heavy (non-hydrogen) atoms. The molecule has 0 radical (unpaired) electrons. The zero-order chi connectivity index (χ0) is 18.8. The van der Waals surface area contributed by atoms with E-state index in [2.05, 4.69) is 20.8 Å². The van der Waals surface area contributed by atoms with Crippen molar-refractivity contribution in [1.82, 2.24) is 30.1 Å². The molecule has 0 spiro atoms. The number of hydrogen-bond acceptors (Lipinski definition) is 4. The molecule has 4 rings (SSSR count). The van der Waals surface area contributed by atoms with Crippen molar-refractivity contribution in [3.63, 3.8) is 0 Å². The lowest BCUT2D eigenvalue weighted by Crippen LogP contribution is -2.27. The smallest absolute Gasteiger partial charge is 0.251 e. The van der Waals surface area contributed by atoms with Gasteiger partial charge in [0.15, 0.2) is 0 Å². The number of aryl methyl sites for hydroxylation is 1. The van der Waals surface area contributed by atoms with Gasteiger partial charge in [-0.2, -0.15) is 0 Å². The topological polar surface area (TPSA) is 77.6 Å². The molecule has 0 bridgehead atoms. The third-order valence-corrected chi connectivity index (χ3v) is 4.44. The molecule has 4 aromatic rings. The minimum Gasteiger partial charge on any atom is -0.350 e. The Hall–Kier alpha value is -3.55. The first-order valence-electron chi connectivity index (χ1n) is 8.48. The molecule has 0 aliphatic carbocycles. The molecule has 0 aliphatic rings. The van der Waals surface area contributed by atoms with Gasteiger partial charge in [-0.25, -0.2) is 9.07 Å². The molecule has 7 nitrogen and oxygen atoms in total. The Morgan fingerprint density at radius 1 is 1.19 bits per heavy atom. The highest BCUT2D eigenvalue weighted by molar-refractivity contribution is 5.94. The highest BCUT2D eigenvalue weighted by Crippen LogP contribution is 2.17. The van der Waals surface area contributed by atoms with Crippen LogP contribution in [0.1, 0.15) is 15.9 Å². The van der Waals surface area contributed by atoms with Crippen LogP contribution in [0.3, 0.4) is 0 Å². The lowest BCUT2D eigenvalue weighted by Gasteiger charge is -2.10. The van der Waals surface area contributed by atoms with E-state index in [1.54, 1.807) is 18.2 Å². The molecule has 0 unspecified atom stereocenters. The molecule has 0 fully saturated rings. The summed E-state index contributed by atoms with van der Waals surface area (Å²) >= 11 is 0. The molecule has 0 atom stereocenters. The van der Waals surface area contributed by atoms with Crippen LogP contribution in [-0.4, -0.2) is 37.2 Å². The fraction of sp³-hybridized carbons (Fsp3) is 0.158. The zero-order valence-corrected chi connectivity index (χ0v) is 14.6. The minimum atomic E-state index is -0.277. The highest BCUT2D eigenvalue weighted by atomic mass is 19.1. The van der Waals surface area contributed by atoms with Gasteiger partial charge in [0.05, 0.1) is 11.2 Å². The van der Waals surface area contributed by atoms with E-state index in [1.807, 2.05) is 29.8 Å². The first kappa shape index (κ1) is 16.9. The summed E-state index contributed by atoms with van der Waals surface area (Å²) in [5.74, 6) is -0.465. The third-order valence-electron chi connectivity index (χ3n) is 4.44. The molecule has 0 saturated carbocycles. The van der Waals surface area contributed by atoms with Crippen LogP contribution in [0, 0.1) is 12.7 Å². The fourth-order valence-electron chi connectivity index (χ4n) is 3.01. The molecular weight excluding hydrogens is 347 g/mol. The van der Waals surface area contributed by atoms with Crippen LogP contribution in [0.4, 0.5) is 4.39 Å². The average Bonchev–Trinajstić information content (AvgIpc) is 3.32. The standard InChI is InChI=1S/C19H17FN6O/c1-13-2-3-15(10-17(13)26-12-22-23-24-26)19(27)21-7-9-25-8-6-14-4-5-16(20)11-18(14)25/h2-6,8,10-12H,7,9H2,1H3,(H,21,27). The van der Waals surface area contributed by atoms with Gasteiger partial charge in [0.25, 0.3) is 5.91 Å². The van der Waals surface area contributed by atoms with E-state index in [0.717, 1.165) is 22.2 Å². The van der Waals surface area contributed by atoms with Crippen molar-refractivity contribution in [2.75, 3.05) is 6.54 Å². The van der Waals surface area contributed by atoms with Crippen LogP contribution in [-0.2, 0) is 6.54 Å². The number of hydrogen-bond donors (Lipinski definition) is 1. The van der Waals surface area contributed by atoms with Crippen molar-refractivity contribution in [3.8, 4) is 5.69 Å². The maximum absolute atomic E-state index is 13.5. The van der Waals surface area contributed by atoms with Crippen LogP contribution in [0.5, 0.6) is 0 Å². The van der Waals surface area contributed by atoms with Crippen molar-refractivity contribution in [2.24, 2.45) is 0 Å². The Kier molecular flexibility index (Phi) is 4.37. The molecule has 1 N–H and O–H groups in total. The summed E-state index contributed by atoms with van der Waals surface area (Å²) in [6.07, 6.45) is 3.37. The molecule has 136 valence electrons.